The van der Waals surface area contributed by atoms with Gasteiger partial charge in [0.05, 0.1) is 16.9 Å². The zero-order valence-electron chi connectivity index (χ0n) is 39.6. The van der Waals surface area contributed by atoms with Crippen molar-refractivity contribution >= 4 is 56.2 Å². The Hall–Kier alpha value is -7.63. The number of para-hydroxylation sites is 4. The van der Waals surface area contributed by atoms with E-state index in [0.29, 0.717) is 17.6 Å². The number of aliphatic hydroxyl groups is 1. The van der Waals surface area contributed by atoms with Crippen molar-refractivity contribution in [1.29, 1.82) is 0 Å². The van der Waals surface area contributed by atoms with E-state index < -0.39 is 9.84 Å². The molecular formula is C58H56N2O7S. The van der Waals surface area contributed by atoms with Crippen molar-refractivity contribution < 1.29 is 32.6 Å². The van der Waals surface area contributed by atoms with E-state index in [1.165, 1.54) is 7.11 Å². The largest absolute Gasteiger partial charge is 0.471 e. The Morgan fingerprint density at radius 1 is 0.456 bits per heavy atom. The highest BCUT2D eigenvalue weighted by molar-refractivity contribution is 7.91. The van der Waals surface area contributed by atoms with Gasteiger partial charge in [0.15, 0.2) is 5.78 Å². The molecule has 0 atom stereocenters. The van der Waals surface area contributed by atoms with E-state index in [1.807, 2.05) is 97.1 Å². The summed E-state index contributed by atoms with van der Waals surface area (Å²) in [5.74, 6) is -0.306. The fourth-order valence-corrected chi connectivity index (χ4v) is 9.96. The topological polar surface area (TPSA) is 113 Å². The molecule has 0 unspecified atom stereocenters. The Kier molecular flexibility index (Phi) is 16.6. The van der Waals surface area contributed by atoms with Crippen LogP contribution in [0.1, 0.15) is 38.2 Å². The van der Waals surface area contributed by atoms with Gasteiger partial charge in [0.25, 0.3) is 6.47 Å². The van der Waals surface area contributed by atoms with Gasteiger partial charge in [-0.1, -0.05) is 115 Å². The Bertz CT molecular complexity index is 3030. The minimum atomic E-state index is -4.04. The number of rotatable bonds is 9. The van der Waals surface area contributed by atoms with Gasteiger partial charge in [-0.15, -0.1) is 0 Å². The zero-order valence-corrected chi connectivity index (χ0v) is 40.4. The first-order valence-electron chi connectivity index (χ1n) is 21.9. The van der Waals surface area contributed by atoms with Gasteiger partial charge in [-0.25, -0.2) is 8.42 Å². The molecule has 0 radical (unpaired) electrons. The van der Waals surface area contributed by atoms with Crippen LogP contribution in [0.4, 0.5) is 34.1 Å². The molecule has 9 rings (SSSR count). The molecule has 1 aliphatic heterocycles. The van der Waals surface area contributed by atoms with Crippen LogP contribution in [0.3, 0.4) is 0 Å². The van der Waals surface area contributed by atoms with Crippen LogP contribution in [-0.2, 0) is 24.1 Å². The lowest BCUT2D eigenvalue weighted by molar-refractivity contribution is -0.126. The molecule has 0 aromatic heterocycles. The molecule has 9 nitrogen and oxygen atoms in total. The van der Waals surface area contributed by atoms with Crippen molar-refractivity contribution in [3.8, 4) is 22.3 Å². The molecule has 10 heteroatoms. The smallest absolute Gasteiger partial charge is 0.292 e. The average Bonchev–Trinajstić information content (AvgIpc) is 3.37. The quantitative estimate of drug-likeness (QED) is 0.141. The maximum atomic E-state index is 14.5. The molecule has 1 aliphatic rings. The minimum absolute atomic E-state index is 0.0256. The van der Waals surface area contributed by atoms with Crippen LogP contribution in [0.5, 0.6) is 0 Å². The Labute approximate surface area is 400 Å². The van der Waals surface area contributed by atoms with Gasteiger partial charge in [-0.2, -0.15) is 0 Å². The highest BCUT2D eigenvalue weighted by Crippen LogP contribution is 2.44. The van der Waals surface area contributed by atoms with E-state index in [0.717, 1.165) is 74.6 Å². The van der Waals surface area contributed by atoms with Crippen molar-refractivity contribution in [2.75, 3.05) is 38.2 Å². The Morgan fingerprint density at radius 2 is 0.824 bits per heavy atom. The van der Waals surface area contributed by atoms with Crippen molar-refractivity contribution in [3.05, 3.63) is 215 Å². The molecule has 0 fully saturated rings. The van der Waals surface area contributed by atoms with Crippen LogP contribution >= 0.6 is 0 Å². The minimum Gasteiger partial charge on any atom is -0.471 e. The van der Waals surface area contributed by atoms with E-state index in [2.05, 4.69) is 108 Å². The monoisotopic (exact) mass is 924 g/mol. The van der Waals surface area contributed by atoms with Crippen LogP contribution in [0.25, 0.3) is 22.3 Å². The predicted octanol–water partition coefficient (Wildman–Crippen LogP) is 13.2. The maximum Gasteiger partial charge on any atom is 0.292 e. The second-order valence-electron chi connectivity index (χ2n) is 15.9. The second kappa shape index (κ2) is 22.7. The number of anilines is 6. The first-order valence-corrected chi connectivity index (χ1v) is 23.3. The average molecular weight is 925 g/mol. The standard InChI is InChI=1S/C53H42N2O3S.C2H4O2.C2H6O.CH4O/c1-35-14-5-9-19-46(35)54(47-20-10-6-15-36(47)2)42-29-24-39(25-30-42)41-28-33-45-51(34-41)59(57,58)50-23-13-18-44(52(50)53(45)56)40-26-31-43(32-27-40)55(48-21-11-7-16-37(48)3)49-22-12-8-17-38(49)4;1-4-2-3;1-3-2;1-2/h5-34H,1-4H3;2H,1H3;1-2H3;2H,1H3. The predicted molar refractivity (Wildman–Crippen MR) is 275 cm³/mol. The lowest BCUT2D eigenvalue weighted by Gasteiger charge is -2.28. The van der Waals surface area contributed by atoms with E-state index in [1.54, 1.807) is 38.5 Å². The summed E-state index contributed by atoms with van der Waals surface area (Å²) in [6.45, 7) is 8.78. The SMILES string of the molecule is CO.COC.COC=O.Cc1ccccc1N(c1ccc(-c2ccc3c(c2)S(=O)(=O)c2cccc(-c4ccc(N(c5ccccc5C)c5ccccc5C)cc4)c2C3=O)cc1)c1ccccc1C. The number of hydrogen-bond acceptors (Lipinski definition) is 9. The third kappa shape index (κ3) is 10.3. The summed E-state index contributed by atoms with van der Waals surface area (Å²) >= 11 is 0. The van der Waals surface area contributed by atoms with Gasteiger partial charge in [0, 0.05) is 66.6 Å². The summed E-state index contributed by atoms with van der Waals surface area (Å²) in [5.41, 5.74) is 14.0. The van der Waals surface area contributed by atoms with Crippen LogP contribution in [0.15, 0.2) is 192 Å². The van der Waals surface area contributed by atoms with Gasteiger partial charge < -0.3 is 24.4 Å². The van der Waals surface area contributed by atoms with Crippen molar-refractivity contribution in [3.63, 3.8) is 0 Å². The number of ether oxygens (including phenoxy) is 2. The van der Waals surface area contributed by atoms with Gasteiger partial charge in [0.1, 0.15) is 0 Å². The fraction of sp³-hybridized carbons (Fsp3) is 0.138. The number of carbonyl (C=O) groups is 2. The number of benzene rings is 8. The number of carbonyl (C=O) groups excluding carboxylic acids is 2. The number of aliphatic hydroxyl groups excluding tert-OH is 1. The molecule has 0 aliphatic carbocycles. The molecule has 0 saturated heterocycles. The van der Waals surface area contributed by atoms with Crippen LogP contribution in [0, 0.1) is 27.7 Å². The normalized spacial score (nSPS) is 11.7. The molecule has 1 N–H and O–H groups in total. The third-order valence-corrected chi connectivity index (χ3v) is 13.3. The fourth-order valence-electron chi connectivity index (χ4n) is 8.26. The molecule has 0 amide bonds. The molecule has 346 valence electrons. The number of nitrogens with zero attached hydrogens (tertiary/aromatic N) is 2. The number of hydrogen-bond donors (Lipinski definition) is 1. The molecule has 8 aromatic carbocycles. The van der Waals surface area contributed by atoms with Gasteiger partial charge >= 0.3 is 0 Å². The van der Waals surface area contributed by atoms with Gasteiger partial charge in [-0.05, 0) is 139 Å². The molecule has 0 saturated carbocycles. The summed E-state index contributed by atoms with van der Waals surface area (Å²) in [4.78, 5) is 27.9. The number of aryl methyl sites for hydroxylation is 4. The van der Waals surface area contributed by atoms with E-state index in [4.69, 9.17) is 9.90 Å². The van der Waals surface area contributed by atoms with Crippen molar-refractivity contribution in [2.24, 2.45) is 0 Å². The Morgan fingerprint density at radius 3 is 1.21 bits per heavy atom. The van der Waals surface area contributed by atoms with E-state index >= 15 is 0 Å². The Balaban J connectivity index is 0.000000786. The molecule has 1 heterocycles. The number of methoxy groups -OCH3 is 2. The van der Waals surface area contributed by atoms with Gasteiger partial charge in [-0.3, -0.25) is 9.59 Å². The van der Waals surface area contributed by atoms with Crippen LogP contribution < -0.4 is 9.80 Å². The van der Waals surface area contributed by atoms with Crippen LogP contribution in [0.2, 0.25) is 0 Å². The summed E-state index contributed by atoms with van der Waals surface area (Å²) in [6.07, 6.45) is 0. The van der Waals surface area contributed by atoms with E-state index in [-0.39, 0.29) is 26.7 Å². The van der Waals surface area contributed by atoms with Crippen molar-refractivity contribution in [1.82, 2.24) is 0 Å². The lowest BCUT2D eigenvalue weighted by atomic mass is 9.92. The second-order valence-corrected chi connectivity index (χ2v) is 17.8. The molecule has 68 heavy (non-hydrogen) atoms. The highest BCUT2D eigenvalue weighted by Gasteiger charge is 2.37. The van der Waals surface area contributed by atoms with E-state index in [9.17, 15) is 13.2 Å². The summed E-state index contributed by atoms with van der Waals surface area (Å²) < 4.78 is 37.1. The number of fused-ring (bicyclic) bond motifs is 2. The number of ketones is 1. The summed E-state index contributed by atoms with van der Waals surface area (Å²) in [6, 6.07) is 59.6. The van der Waals surface area contributed by atoms with Crippen molar-refractivity contribution in [2.45, 2.75) is 37.5 Å². The third-order valence-electron chi connectivity index (χ3n) is 11.5. The molecule has 0 bridgehead atoms. The maximum absolute atomic E-state index is 14.5. The first-order chi connectivity index (χ1) is 32.9. The number of sulfone groups is 1. The van der Waals surface area contributed by atoms with Crippen LogP contribution in [-0.4, -0.2) is 54.2 Å². The summed E-state index contributed by atoms with van der Waals surface area (Å²) in [5, 5.41) is 7.00. The summed E-state index contributed by atoms with van der Waals surface area (Å²) in [7, 11) is 1.52. The zero-order chi connectivity index (χ0) is 49.0. The molecular weight excluding hydrogens is 869 g/mol. The lowest BCUT2D eigenvalue weighted by Crippen LogP contribution is -2.21. The molecule has 8 aromatic rings. The molecule has 0 spiro atoms. The highest BCUT2D eigenvalue weighted by atomic mass is 32.2. The van der Waals surface area contributed by atoms with Gasteiger partial charge in [0.2, 0.25) is 9.84 Å². The first kappa shape index (κ1) is 49.8.